The minimum Gasteiger partial charge on any atom is -0.391 e. The van der Waals surface area contributed by atoms with Crippen LogP contribution in [0.1, 0.15) is 17.2 Å². The molecule has 0 fully saturated rings. The molecule has 0 saturated heterocycles. The van der Waals surface area contributed by atoms with Crippen LogP contribution < -0.4 is 5.32 Å². The Kier molecular flexibility index (Phi) is 3.11. The molecule has 0 unspecified atom stereocenters. The quantitative estimate of drug-likeness (QED) is 0.741. The van der Waals surface area contributed by atoms with Gasteiger partial charge < -0.3 is 5.11 Å². The minimum atomic E-state index is -0.264. The van der Waals surface area contributed by atoms with Gasteiger partial charge in [0.2, 0.25) is 0 Å². The van der Waals surface area contributed by atoms with Crippen LogP contribution in [0.25, 0.3) is 0 Å². The molecule has 0 bridgehead atoms. The number of rotatable bonds is 3. The largest absolute Gasteiger partial charge is 0.391 e. The summed E-state index contributed by atoms with van der Waals surface area (Å²) in [7, 11) is 0. The Labute approximate surface area is 88.7 Å². The second kappa shape index (κ2) is 4.34. The third-order valence-corrected chi connectivity index (χ3v) is 3.11. The van der Waals surface area contributed by atoms with Crippen molar-refractivity contribution < 1.29 is 5.11 Å². The topological polar surface area (TPSA) is 32.3 Å². The molecule has 14 heavy (non-hydrogen) atoms. The summed E-state index contributed by atoms with van der Waals surface area (Å²) in [5, 5.41) is 13.2. The number of benzene rings is 1. The van der Waals surface area contributed by atoms with Crippen molar-refractivity contribution in [3.8, 4) is 0 Å². The molecule has 1 aromatic carbocycles. The molecule has 1 aliphatic carbocycles. The van der Waals surface area contributed by atoms with Crippen molar-refractivity contribution in [3.63, 3.8) is 0 Å². The number of hydrogen-bond donors (Lipinski definition) is 2. The molecule has 3 heteroatoms. The van der Waals surface area contributed by atoms with Crippen LogP contribution in [0.5, 0.6) is 0 Å². The highest BCUT2D eigenvalue weighted by Crippen LogP contribution is 2.31. The zero-order valence-corrected chi connectivity index (χ0v) is 9.05. The summed E-state index contributed by atoms with van der Waals surface area (Å²) in [6, 6.07) is 8.38. The average molecular weight is 209 g/mol. The van der Waals surface area contributed by atoms with Crippen LogP contribution in [0.3, 0.4) is 0 Å². The molecule has 2 N–H and O–H groups in total. The molecular formula is C11H15NOS. The van der Waals surface area contributed by atoms with E-state index in [1.807, 2.05) is 12.1 Å². The molecule has 0 aromatic heterocycles. The Morgan fingerprint density at radius 3 is 3.07 bits per heavy atom. The average Bonchev–Trinajstić information content (AvgIpc) is 2.51. The van der Waals surface area contributed by atoms with E-state index in [0.29, 0.717) is 0 Å². The number of fused-ring (bicyclic) bond motifs is 1. The van der Waals surface area contributed by atoms with E-state index in [-0.39, 0.29) is 12.1 Å². The first kappa shape index (κ1) is 10.0. The van der Waals surface area contributed by atoms with Crippen molar-refractivity contribution in [1.29, 1.82) is 0 Å². The van der Waals surface area contributed by atoms with Crippen molar-refractivity contribution in [3.05, 3.63) is 35.4 Å². The van der Waals surface area contributed by atoms with Crippen LogP contribution in [0.4, 0.5) is 0 Å². The van der Waals surface area contributed by atoms with Crippen molar-refractivity contribution in [2.75, 3.05) is 12.1 Å². The first-order valence-corrected chi connectivity index (χ1v) is 6.20. The molecule has 0 radical (unpaired) electrons. The molecule has 2 nitrogen and oxygen atoms in total. The van der Waals surface area contributed by atoms with Gasteiger partial charge in [-0.3, -0.25) is 5.32 Å². The molecule has 0 aliphatic heterocycles. The number of aliphatic hydroxyl groups is 1. The SMILES string of the molecule is CSCN[C@H]1c2ccccc2C[C@@H]1O. The molecule has 0 amide bonds. The zero-order valence-electron chi connectivity index (χ0n) is 8.23. The summed E-state index contributed by atoms with van der Waals surface area (Å²) in [5.41, 5.74) is 2.53. The van der Waals surface area contributed by atoms with Crippen LogP contribution in [-0.2, 0) is 6.42 Å². The number of thioether (sulfide) groups is 1. The fourth-order valence-electron chi connectivity index (χ4n) is 1.99. The lowest BCUT2D eigenvalue weighted by Crippen LogP contribution is -2.28. The molecule has 1 aromatic rings. The number of aliphatic hydroxyl groups excluding tert-OH is 1. The van der Waals surface area contributed by atoms with E-state index in [4.69, 9.17) is 0 Å². The third kappa shape index (κ3) is 1.80. The highest BCUT2D eigenvalue weighted by molar-refractivity contribution is 7.98. The van der Waals surface area contributed by atoms with Crippen LogP contribution in [0.15, 0.2) is 24.3 Å². The predicted molar refractivity (Wildman–Crippen MR) is 60.4 cm³/mol. The van der Waals surface area contributed by atoms with Gasteiger partial charge in [0, 0.05) is 12.3 Å². The van der Waals surface area contributed by atoms with Crippen LogP contribution in [-0.4, -0.2) is 23.3 Å². The van der Waals surface area contributed by atoms with E-state index in [2.05, 4.69) is 23.7 Å². The highest BCUT2D eigenvalue weighted by Gasteiger charge is 2.29. The second-order valence-corrected chi connectivity index (χ2v) is 4.45. The van der Waals surface area contributed by atoms with Crippen LogP contribution in [0.2, 0.25) is 0 Å². The Bertz CT molecular complexity index is 316. The monoisotopic (exact) mass is 209 g/mol. The van der Waals surface area contributed by atoms with Gasteiger partial charge in [-0.2, -0.15) is 0 Å². The normalized spacial score (nSPS) is 25.0. The molecule has 0 heterocycles. The van der Waals surface area contributed by atoms with E-state index in [1.165, 1.54) is 11.1 Å². The van der Waals surface area contributed by atoms with Gasteiger partial charge in [-0.05, 0) is 17.4 Å². The summed E-state index contributed by atoms with van der Waals surface area (Å²) in [4.78, 5) is 0. The van der Waals surface area contributed by atoms with E-state index < -0.39 is 0 Å². The summed E-state index contributed by atoms with van der Waals surface area (Å²) in [5.74, 6) is 0.885. The summed E-state index contributed by atoms with van der Waals surface area (Å²) in [6.07, 6.45) is 2.57. The lowest BCUT2D eigenvalue weighted by atomic mass is 10.1. The van der Waals surface area contributed by atoms with Gasteiger partial charge in [0.15, 0.2) is 0 Å². The summed E-state index contributed by atoms with van der Waals surface area (Å²) < 4.78 is 0. The fraction of sp³-hybridized carbons (Fsp3) is 0.455. The van der Waals surface area contributed by atoms with E-state index in [9.17, 15) is 5.11 Å². The summed E-state index contributed by atoms with van der Waals surface area (Å²) >= 11 is 1.74. The van der Waals surface area contributed by atoms with Crippen LogP contribution >= 0.6 is 11.8 Å². The van der Waals surface area contributed by atoms with E-state index in [1.54, 1.807) is 11.8 Å². The first-order chi connectivity index (χ1) is 6.83. The lowest BCUT2D eigenvalue weighted by molar-refractivity contribution is 0.144. The number of hydrogen-bond acceptors (Lipinski definition) is 3. The molecule has 2 atom stereocenters. The fourth-order valence-corrected chi connectivity index (χ4v) is 2.34. The zero-order chi connectivity index (χ0) is 9.97. The highest BCUT2D eigenvalue weighted by atomic mass is 32.2. The van der Waals surface area contributed by atoms with Crippen molar-refractivity contribution in [2.24, 2.45) is 0 Å². The van der Waals surface area contributed by atoms with Gasteiger partial charge >= 0.3 is 0 Å². The summed E-state index contributed by atoms with van der Waals surface area (Å²) in [6.45, 7) is 0. The van der Waals surface area contributed by atoms with Gasteiger partial charge in [0.05, 0.1) is 12.1 Å². The van der Waals surface area contributed by atoms with E-state index >= 15 is 0 Å². The smallest absolute Gasteiger partial charge is 0.0775 e. The Morgan fingerprint density at radius 1 is 1.50 bits per heavy atom. The Morgan fingerprint density at radius 2 is 2.29 bits per heavy atom. The number of nitrogens with one attached hydrogen (secondary N) is 1. The van der Waals surface area contributed by atoms with Crippen molar-refractivity contribution in [1.82, 2.24) is 5.32 Å². The van der Waals surface area contributed by atoms with Gasteiger partial charge in [-0.1, -0.05) is 24.3 Å². The Balaban J connectivity index is 2.17. The van der Waals surface area contributed by atoms with Crippen molar-refractivity contribution in [2.45, 2.75) is 18.6 Å². The Hall–Kier alpha value is -0.510. The molecule has 1 aliphatic rings. The molecular weight excluding hydrogens is 194 g/mol. The maximum absolute atomic E-state index is 9.87. The predicted octanol–water partition coefficient (Wildman–Crippen LogP) is 1.55. The third-order valence-electron chi connectivity index (χ3n) is 2.65. The van der Waals surface area contributed by atoms with Gasteiger partial charge in [-0.25, -0.2) is 0 Å². The first-order valence-electron chi connectivity index (χ1n) is 4.81. The molecule has 76 valence electrons. The standard InChI is InChI=1S/C11H15NOS/c1-14-7-12-11-9-5-3-2-4-8(9)6-10(11)13/h2-5,10-13H,6-7H2,1H3/t10-,11-/m0/s1. The van der Waals surface area contributed by atoms with Crippen LogP contribution in [0, 0.1) is 0 Å². The maximum atomic E-state index is 9.87. The van der Waals surface area contributed by atoms with E-state index in [0.717, 1.165) is 12.3 Å². The van der Waals surface area contributed by atoms with Gasteiger partial charge in [0.25, 0.3) is 0 Å². The maximum Gasteiger partial charge on any atom is 0.0775 e. The lowest BCUT2D eigenvalue weighted by Gasteiger charge is -2.16. The van der Waals surface area contributed by atoms with Gasteiger partial charge in [-0.15, -0.1) is 11.8 Å². The van der Waals surface area contributed by atoms with Gasteiger partial charge in [0.1, 0.15) is 0 Å². The molecule has 2 rings (SSSR count). The molecule has 0 saturated carbocycles. The second-order valence-electron chi connectivity index (χ2n) is 3.59. The minimum absolute atomic E-state index is 0.124. The van der Waals surface area contributed by atoms with Crippen molar-refractivity contribution >= 4 is 11.8 Å². The molecule has 0 spiro atoms.